The summed E-state index contributed by atoms with van der Waals surface area (Å²) in [5, 5.41) is 120. The number of fused-ring (bicyclic) bond motifs is 7. The second kappa shape index (κ2) is 17.7. The molecule has 374 valence electrons. The zero-order valence-corrected chi connectivity index (χ0v) is 39.5. The predicted molar refractivity (Wildman–Crippen MR) is 230 cm³/mol. The van der Waals surface area contributed by atoms with Crippen molar-refractivity contribution >= 4 is 0 Å². The molecule has 3 heterocycles. The fourth-order valence-corrected chi connectivity index (χ4v) is 15.1. The number of ether oxygens (including phenoxy) is 6. The molecule has 3 saturated heterocycles. The summed E-state index contributed by atoms with van der Waals surface area (Å²) in [5.41, 5.74) is 0.247. The van der Waals surface area contributed by atoms with E-state index in [1.807, 2.05) is 6.92 Å². The monoisotopic (exact) mass is 929 g/mol. The average molecular weight is 929 g/mol. The largest absolute Gasteiger partial charge is 0.396 e. The number of aliphatic hydroxyl groups excluding tert-OH is 11. The fraction of sp³-hybridized carbons (Fsp3) is 0.958. The molecule has 0 aromatic rings. The van der Waals surface area contributed by atoms with Gasteiger partial charge in [0.25, 0.3) is 0 Å². The van der Waals surface area contributed by atoms with E-state index >= 15 is 0 Å². The molecule has 0 radical (unpaired) electrons. The molecule has 0 aromatic heterocycles. The quantitative estimate of drug-likeness (QED) is 0.112. The van der Waals surface area contributed by atoms with Crippen molar-refractivity contribution in [2.45, 2.75) is 218 Å². The zero-order chi connectivity index (χ0) is 47.6. The van der Waals surface area contributed by atoms with Gasteiger partial charge in [0.05, 0.1) is 38.1 Å². The van der Waals surface area contributed by atoms with Crippen LogP contribution in [0.3, 0.4) is 0 Å². The molecular formula is C48H80O17. The summed E-state index contributed by atoms with van der Waals surface area (Å²) >= 11 is 0. The Bertz CT molecular complexity index is 1730. The van der Waals surface area contributed by atoms with Crippen molar-refractivity contribution in [2.75, 3.05) is 19.8 Å². The molecule has 17 heteroatoms. The SMILES string of the molecule is CC1OC(OC2C(OC3C(OC4CCC5(C)C(CCC6(C)C5CC=C5C7CC(C)(C)CC(O)C7(C)CCC56C)C4(C)CO)OC(CO)C(O)C3O)OC(CO)C(O)C2O)C(O)C(O)C1O. The molecular weight excluding hydrogens is 849 g/mol. The van der Waals surface area contributed by atoms with Gasteiger partial charge in [-0.25, -0.2) is 0 Å². The molecule has 0 spiro atoms. The molecule has 8 aliphatic rings. The molecule has 0 aromatic carbocycles. The van der Waals surface area contributed by atoms with Gasteiger partial charge < -0.3 is 84.6 Å². The molecule has 0 amide bonds. The highest BCUT2D eigenvalue weighted by Crippen LogP contribution is 2.76. The summed E-state index contributed by atoms with van der Waals surface area (Å²) in [4.78, 5) is 0. The molecule has 4 saturated carbocycles. The normalized spacial score (nSPS) is 56.7. The summed E-state index contributed by atoms with van der Waals surface area (Å²) in [7, 11) is 0. The van der Waals surface area contributed by atoms with Crippen LogP contribution in [0.25, 0.3) is 0 Å². The van der Waals surface area contributed by atoms with Gasteiger partial charge in [-0.05, 0) is 104 Å². The van der Waals surface area contributed by atoms with Crippen LogP contribution in [0.1, 0.15) is 113 Å². The number of allylic oxidation sites excluding steroid dienone is 2. The van der Waals surface area contributed by atoms with Crippen LogP contribution in [0.15, 0.2) is 11.6 Å². The van der Waals surface area contributed by atoms with Crippen molar-refractivity contribution < 1.29 is 84.6 Å². The van der Waals surface area contributed by atoms with E-state index in [0.717, 1.165) is 51.4 Å². The maximum atomic E-state index is 11.7. The van der Waals surface area contributed by atoms with E-state index in [2.05, 4.69) is 47.6 Å². The fourth-order valence-electron chi connectivity index (χ4n) is 15.1. The van der Waals surface area contributed by atoms with E-state index in [0.29, 0.717) is 18.3 Å². The van der Waals surface area contributed by atoms with Crippen molar-refractivity contribution in [3.8, 4) is 0 Å². The van der Waals surface area contributed by atoms with E-state index in [4.69, 9.17) is 28.4 Å². The van der Waals surface area contributed by atoms with Gasteiger partial charge in [-0.15, -0.1) is 0 Å². The molecule has 11 N–H and O–H groups in total. The molecule has 25 atom stereocenters. The topological polar surface area (TPSA) is 278 Å². The van der Waals surface area contributed by atoms with E-state index in [9.17, 15) is 56.2 Å². The Morgan fingerprint density at radius 2 is 1.17 bits per heavy atom. The average Bonchev–Trinajstić information content (AvgIpc) is 3.25. The van der Waals surface area contributed by atoms with Crippen LogP contribution in [-0.4, -0.2) is 180 Å². The predicted octanol–water partition coefficient (Wildman–Crippen LogP) is 0.612. The van der Waals surface area contributed by atoms with Crippen LogP contribution in [-0.2, 0) is 28.4 Å². The van der Waals surface area contributed by atoms with Gasteiger partial charge in [-0.1, -0.05) is 60.1 Å². The second-order valence-electron chi connectivity index (χ2n) is 23.6. The van der Waals surface area contributed by atoms with Gasteiger partial charge in [-0.3, -0.25) is 0 Å². The van der Waals surface area contributed by atoms with Crippen molar-refractivity contribution in [2.24, 2.45) is 50.2 Å². The van der Waals surface area contributed by atoms with Crippen LogP contribution in [0.5, 0.6) is 0 Å². The molecule has 7 fully saturated rings. The third-order valence-electron chi connectivity index (χ3n) is 19.5. The molecule has 65 heavy (non-hydrogen) atoms. The summed E-state index contributed by atoms with van der Waals surface area (Å²) in [6.45, 7) is 16.0. The van der Waals surface area contributed by atoms with E-state index in [-0.39, 0.29) is 45.7 Å². The first-order chi connectivity index (χ1) is 30.4. The molecule has 17 nitrogen and oxygen atoms in total. The van der Waals surface area contributed by atoms with E-state index < -0.39 is 117 Å². The van der Waals surface area contributed by atoms with E-state index in [1.165, 1.54) is 12.5 Å². The minimum atomic E-state index is -1.85. The maximum Gasteiger partial charge on any atom is 0.187 e. The minimum Gasteiger partial charge on any atom is -0.396 e. The van der Waals surface area contributed by atoms with E-state index in [1.54, 1.807) is 0 Å². The minimum absolute atomic E-state index is 0.00799. The summed E-state index contributed by atoms with van der Waals surface area (Å²) < 4.78 is 36.7. The highest BCUT2D eigenvalue weighted by molar-refractivity contribution is 5.34. The molecule has 3 aliphatic heterocycles. The van der Waals surface area contributed by atoms with Crippen LogP contribution in [0, 0.1) is 50.2 Å². The van der Waals surface area contributed by atoms with Crippen LogP contribution >= 0.6 is 0 Å². The Morgan fingerprint density at radius 1 is 0.585 bits per heavy atom. The van der Waals surface area contributed by atoms with Gasteiger partial charge >= 0.3 is 0 Å². The van der Waals surface area contributed by atoms with Crippen molar-refractivity contribution in [3.63, 3.8) is 0 Å². The Morgan fingerprint density at radius 3 is 1.75 bits per heavy atom. The Kier molecular flexibility index (Phi) is 13.8. The first-order valence-electron chi connectivity index (χ1n) is 24.3. The van der Waals surface area contributed by atoms with Crippen LogP contribution in [0.2, 0.25) is 0 Å². The van der Waals surface area contributed by atoms with Crippen molar-refractivity contribution in [1.29, 1.82) is 0 Å². The lowest BCUT2D eigenvalue weighted by Crippen LogP contribution is -2.68. The molecule has 25 unspecified atom stereocenters. The molecule has 5 aliphatic carbocycles. The first-order valence-corrected chi connectivity index (χ1v) is 24.3. The highest BCUT2D eigenvalue weighted by atomic mass is 16.8. The summed E-state index contributed by atoms with van der Waals surface area (Å²) in [6, 6.07) is 0. The lowest BCUT2D eigenvalue weighted by Gasteiger charge is -2.72. The number of hydrogen-bond donors (Lipinski definition) is 11. The Hall–Kier alpha value is -0.940. The lowest BCUT2D eigenvalue weighted by molar-refractivity contribution is -0.398. The van der Waals surface area contributed by atoms with Crippen LogP contribution < -0.4 is 0 Å². The lowest BCUT2D eigenvalue weighted by atomic mass is 9.33. The van der Waals surface area contributed by atoms with Crippen molar-refractivity contribution in [3.05, 3.63) is 11.6 Å². The first kappa shape index (κ1) is 50.4. The van der Waals surface area contributed by atoms with Gasteiger partial charge in [0.15, 0.2) is 18.9 Å². The van der Waals surface area contributed by atoms with Gasteiger partial charge in [-0.2, -0.15) is 0 Å². The number of rotatable bonds is 9. The maximum absolute atomic E-state index is 11.7. The van der Waals surface area contributed by atoms with Gasteiger partial charge in [0, 0.05) is 10.8 Å². The molecule has 0 bridgehead atoms. The smallest absolute Gasteiger partial charge is 0.187 e. The van der Waals surface area contributed by atoms with Crippen LogP contribution in [0.4, 0.5) is 0 Å². The highest BCUT2D eigenvalue weighted by Gasteiger charge is 2.70. The number of aliphatic hydroxyl groups is 11. The van der Waals surface area contributed by atoms with Gasteiger partial charge in [0.2, 0.25) is 0 Å². The second-order valence-corrected chi connectivity index (χ2v) is 23.6. The summed E-state index contributed by atoms with van der Waals surface area (Å²) in [5.74, 6) is 0.587. The zero-order valence-electron chi connectivity index (χ0n) is 39.5. The molecule has 8 rings (SSSR count). The Balaban J connectivity index is 1.06. The summed E-state index contributed by atoms with van der Waals surface area (Å²) in [6.07, 6.45) is -14.8. The standard InChI is InChI=1S/C48H80O17/c1-22-31(53)34(56)37(59)40(60-22)64-39-36(58)33(55)26(20-50)62-42(39)65-38-35(57)32(54)25(19-49)61-41(38)63-30-12-13-45(5)27(46(30,6)21-51)11-14-48(8)28(45)10-9-23-24-17-43(2,3)18-29(52)44(24,4)15-16-47(23,48)7/h9,22,24-42,49-59H,10-21H2,1-8H3. The van der Waals surface area contributed by atoms with Crippen molar-refractivity contribution in [1.82, 2.24) is 0 Å². The number of hydrogen-bond acceptors (Lipinski definition) is 17. The Labute approximate surface area is 383 Å². The van der Waals surface area contributed by atoms with Gasteiger partial charge in [0.1, 0.15) is 67.1 Å². The third kappa shape index (κ3) is 7.85. The third-order valence-corrected chi connectivity index (χ3v) is 19.5.